The minimum Gasteiger partial charge on any atom is -0.496 e. The van der Waals surface area contributed by atoms with E-state index in [4.69, 9.17) is 16.3 Å². The maximum absolute atomic E-state index is 12.3. The highest BCUT2D eigenvalue weighted by Gasteiger charge is 2.18. The predicted molar refractivity (Wildman–Crippen MR) is 95.3 cm³/mol. The predicted octanol–water partition coefficient (Wildman–Crippen LogP) is 3.02. The van der Waals surface area contributed by atoms with Gasteiger partial charge in [-0.1, -0.05) is 35.9 Å². The lowest BCUT2D eigenvalue weighted by Crippen LogP contribution is -2.39. The monoisotopic (exact) mass is 344 g/mol. The molecule has 3 rings (SSSR count). The molecule has 0 fully saturated rings. The number of nitrogens with zero attached hydrogens (tertiary/aromatic N) is 1. The highest BCUT2D eigenvalue weighted by molar-refractivity contribution is 6.30. The van der Waals surface area contributed by atoms with Gasteiger partial charge in [-0.25, -0.2) is 0 Å². The van der Waals surface area contributed by atoms with Gasteiger partial charge in [0.15, 0.2) is 0 Å². The van der Waals surface area contributed by atoms with E-state index in [0.29, 0.717) is 18.1 Å². The summed E-state index contributed by atoms with van der Waals surface area (Å²) in [4.78, 5) is 14.4. The van der Waals surface area contributed by atoms with Gasteiger partial charge in [-0.2, -0.15) is 0 Å². The van der Waals surface area contributed by atoms with Crippen LogP contribution in [0.5, 0.6) is 5.75 Å². The first-order valence-corrected chi connectivity index (χ1v) is 8.42. The van der Waals surface area contributed by atoms with Crippen LogP contribution >= 0.6 is 11.6 Å². The van der Waals surface area contributed by atoms with Crippen molar-refractivity contribution in [2.24, 2.45) is 0 Å². The number of hydrogen-bond acceptors (Lipinski definition) is 3. The van der Waals surface area contributed by atoms with E-state index in [1.54, 1.807) is 13.2 Å². The van der Waals surface area contributed by atoms with E-state index in [1.165, 1.54) is 11.1 Å². The molecule has 0 aliphatic carbocycles. The molecule has 1 amide bonds. The van der Waals surface area contributed by atoms with Crippen molar-refractivity contribution in [1.82, 2.24) is 10.2 Å². The Morgan fingerprint density at radius 3 is 2.83 bits per heavy atom. The topological polar surface area (TPSA) is 41.6 Å². The summed E-state index contributed by atoms with van der Waals surface area (Å²) in [7, 11) is 1.61. The van der Waals surface area contributed by atoms with Crippen LogP contribution in [0.4, 0.5) is 0 Å². The minimum absolute atomic E-state index is 0.0106. The lowest BCUT2D eigenvalue weighted by molar-refractivity contribution is -0.122. The Bertz CT molecular complexity index is 733. The van der Waals surface area contributed by atoms with E-state index in [1.807, 2.05) is 18.2 Å². The van der Waals surface area contributed by atoms with Crippen molar-refractivity contribution in [1.29, 1.82) is 0 Å². The SMILES string of the molecule is COc1ccc(Cl)cc1CNC(=O)CN1CCc2ccccc2C1. The molecule has 0 saturated heterocycles. The van der Waals surface area contributed by atoms with Crippen LogP contribution in [0.2, 0.25) is 5.02 Å². The van der Waals surface area contributed by atoms with Crippen LogP contribution in [-0.2, 0) is 24.3 Å². The van der Waals surface area contributed by atoms with Gasteiger partial charge in [0.2, 0.25) is 5.91 Å². The first-order valence-electron chi connectivity index (χ1n) is 8.04. The van der Waals surface area contributed by atoms with E-state index >= 15 is 0 Å². The molecular weight excluding hydrogens is 324 g/mol. The van der Waals surface area contributed by atoms with Gasteiger partial charge in [0.05, 0.1) is 13.7 Å². The first-order chi connectivity index (χ1) is 11.7. The molecule has 2 aromatic rings. The molecule has 1 N–H and O–H groups in total. The van der Waals surface area contributed by atoms with Gasteiger partial charge in [0, 0.05) is 30.2 Å². The summed E-state index contributed by atoms with van der Waals surface area (Å²) in [6.45, 7) is 2.54. The number of carbonyl (C=O) groups excluding carboxylic acids is 1. The fourth-order valence-electron chi connectivity index (χ4n) is 3.03. The van der Waals surface area contributed by atoms with Crippen LogP contribution in [-0.4, -0.2) is 31.0 Å². The Balaban J connectivity index is 1.54. The van der Waals surface area contributed by atoms with Crippen LogP contribution in [0.25, 0.3) is 0 Å². The molecule has 0 radical (unpaired) electrons. The summed E-state index contributed by atoms with van der Waals surface area (Å²) in [6, 6.07) is 13.8. The van der Waals surface area contributed by atoms with Gasteiger partial charge in [-0.3, -0.25) is 9.69 Å². The third-order valence-corrected chi connectivity index (χ3v) is 4.53. The third-order valence-electron chi connectivity index (χ3n) is 4.30. The standard InChI is InChI=1S/C19H21ClN2O2/c1-24-18-7-6-17(20)10-16(18)11-21-19(23)13-22-9-8-14-4-2-3-5-15(14)12-22/h2-7,10H,8-9,11-13H2,1H3,(H,21,23). The second-order valence-corrected chi connectivity index (χ2v) is 6.40. The van der Waals surface area contributed by atoms with Crippen LogP contribution < -0.4 is 10.1 Å². The highest BCUT2D eigenvalue weighted by Crippen LogP contribution is 2.22. The number of amides is 1. The van der Waals surface area contributed by atoms with E-state index in [2.05, 4.69) is 28.4 Å². The molecular formula is C19H21ClN2O2. The number of hydrogen-bond donors (Lipinski definition) is 1. The Kier molecular flexibility index (Phi) is 5.38. The van der Waals surface area contributed by atoms with Gasteiger partial charge in [-0.15, -0.1) is 0 Å². The lowest BCUT2D eigenvalue weighted by Gasteiger charge is -2.28. The van der Waals surface area contributed by atoms with Crippen molar-refractivity contribution >= 4 is 17.5 Å². The molecule has 0 bridgehead atoms. The average Bonchev–Trinajstić information content (AvgIpc) is 2.60. The molecule has 0 atom stereocenters. The number of carbonyl (C=O) groups is 1. The number of fused-ring (bicyclic) bond motifs is 1. The Morgan fingerprint density at radius 2 is 2.04 bits per heavy atom. The molecule has 2 aromatic carbocycles. The summed E-state index contributed by atoms with van der Waals surface area (Å²) in [5, 5.41) is 3.59. The second kappa shape index (κ2) is 7.69. The summed E-state index contributed by atoms with van der Waals surface area (Å²) in [5.74, 6) is 0.739. The molecule has 4 nitrogen and oxygen atoms in total. The van der Waals surface area contributed by atoms with Crippen LogP contribution in [0, 0.1) is 0 Å². The molecule has 126 valence electrons. The summed E-state index contributed by atoms with van der Waals surface area (Å²) in [5.41, 5.74) is 3.58. The number of benzene rings is 2. The molecule has 0 saturated carbocycles. The van der Waals surface area contributed by atoms with E-state index < -0.39 is 0 Å². The molecule has 1 heterocycles. The molecule has 5 heteroatoms. The number of ether oxygens (including phenoxy) is 1. The van der Waals surface area contributed by atoms with Gasteiger partial charge >= 0.3 is 0 Å². The number of rotatable bonds is 5. The molecule has 1 aliphatic rings. The largest absolute Gasteiger partial charge is 0.496 e. The van der Waals surface area contributed by atoms with Crippen LogP contribution in [0.3, 0.4) is 0 Å². The summed E-state index contributed by atoms with van der Waals surface area (Å²) >= 11 is 6.02. The molecule has 24 heavy (non-hydrogen) atoms. The van der Waals surface area contributed by atoms with Crippen LogP contribution in [0.1, 0.15) is 16.7 Å². The minimum atomic E-state index is 0.0106. The van der Waals surface area contributed by atoms with Crippen LogP contribution in [0.15, 0.2) is 42.5 Å². The second-order valence-electron chi connectivity index (χ2n) is 5.96. The van der Waals surface area contributed by atoms with Crippen molar-refractivity contribution in [3.63, 3.8) is 0 Å². The number of methoxy groups -OCH3 is 1. The first kappa shape index (κ1) is 16.8. The fraction of sp³-hybridized carbons (Fsp3) is 0.316. The molecule has 0 unspecified atom stereocenters. The van der Waals surface area contributed by atoms with Gasteiger partial charge in [0.1, 0.15) is 5.75 Å². The van der Waals surface area contributed by atoms with E-state index in [-0.39, 0.29) is 5.91 Å². The van der Waals surface area contributed by atoms with Crippen molar-refractivity contribution in [3.05, 3.63) is 64.2 Å². The summed E-state index contributed by atoms with van der Waals surface area (Å²) in [6.07, 6.45) is 0.992. The zero-order chi connectivity index (χ0) is 16.9. The Labute approximate surface area is 147 Å². The maximum Gasteiger partial charge on any atom is 0.234 e. The smallest absolute Gasteiger partial charge is 0.234 e. The normalized spacial score (nSPS) is 14.1. The van der Waals surface area contributed by atoms with Gasteiger partial charge in [0.25, 0.3) is 0 Å². The molecule has 1 aliphatic heterocycles. The molecule has 0 aromatic heterocycles. The van der Waals surface area contributed by atoms with Gasteiger partial charge < -0.3 is 10.1 Å². The van der Waals surface area contributed by atoms with Gasteiger partial charge in [-0.05, 0) is 35.7 Å². The average molecular weight is 345 g/mol. The zero-order valence-corrected chi connectivity index (χ0v) is 14.5. The number of halogens is 1. The van der Waals surface area contributed by atoms with Crippen molar-refractivity contribution in [2.45, 2.75) is 19.5 Å². The molecule has 0 spiro atoms. The Morgan fingerprint density at radius 1 is 1.25 bits per heavy atom. The highest BCUT2D eigenvalue weighted by atomic mass is 35.5. The lowest BCUT2D eigenvalue weighted by atomic mass is 10.00. The van der Waals surface area contributed by atoms with Crippen molar-refractivity contribution in [2.75, 3.05) is 20.2 Å². The number of nitrogens with one attached hydrogen (secondary N) is 1. The maximum atomic E-state index is 12.3. The third kappa shape index (κ3) is 4.08. The summed E-state index contributed by atoms with van der Waals surface area (Å²) < 4.78 is 5.30. The van der Waals surface area contributed by atoms with E-state index in [9.17, 15) is 4.79 Å². The van der Waals surface area contributed by atoms with E-state index in [0.717, 1.165) is 30.8 Å². The Hall–Kier alpha value is -2.04. The van der Waals surface area contributed by atoms with Crippen molar-refractivity contribution in [3.8, 4) is 5.75 Å². The van der Waals surface area contributed by atoms with Crippen molar-refractivity contribution < 1.29 is 9.53 Å². The zero-order valence-electron chi connectivity index (χ0n) is 13.7. The fourth-order valence-corrected chi connectivity index (χ4v) is 3.22. The quantitative estimate of drug-likeness (QED) is 0.906.